The molecule has 15 nitrogen and oxygen atoms in total. The number of pyridine rings is 4. The molecule has 4 aromatic heterocycles. The molecule has 2 aliphatic heterocycles. The molecule has 65 heavy (non-hydrogen) atoms. The van der Waals surface area contributed by atoms with E-state index in [9.17, 15) is 38.4 Å². The summed E-state index contributed by atoms with van der Waals surface area (Å²) in [4.78, 5) is 113. The van der Waals surface area contributed by atoms with Gasteiger partial charge in [0.25, 0.3) is 23.6 Å². The van der Waals surface area contributed by atoms with Gasteiger partial charge in [-0.1, -0.05) is 66.7 Å². The predicted molar refractivity (Wildman–Crippen MR) is 245 cm³/mol. The molecule has 12 rings (SSSR count). The number of aromatic amines is 4. The molecule has 0 atom stereocenters. The highest BCUT2D eigenvalue weighted by Crippen LogP contribution is 2.26. The molecule has 6 heterocycles. The number of H-pyrrole nitrogens is 4. The number of aliphatic hydroxyl groups excluding tert-OH is 1. The van der Waals surface area contributed by atoms with E-state index in [1.807, 2.05) is 24.3 Å². The first kappa shape index (κ1) is 40.0. The fourth-order valence-electron chi connectivity index (χ4n) is 8.30. The summed E-state index contributed by atoms with van der Waals surface area (Å²) in [5, 5.41) is 10.8. The van der Waals surface area contributed by atoms with Crippen LogP contribution in [0.5, 0.6) is 0 Å². The number of rotatable bonds is 3. The second kappa shape index (κ2) is 15.7. The molecule has 0 aliphatic carbocycles. The Bertz CT molecular complexity index is 3800. The highest BCUT2D eigenvalue weighted by atomic mass is 16.3. The first-order valence-electron chi connectivity index (χ1n) is 20.2. The van der Waals surface area contributed by atoms with Gasteiger partial charge in [-0.2, -0.15) is 0 Å². The van der Waals surface area contributed by atoms with Gasteiger partial charge in [-0.3, -0.25) is 48.2 Å². The van der Waals surface area contributed by atoms with Crippen LogP contribution < -0.4 is 21.7 Å². The monoisotopic (exact) mass is 860 g/mol. The van der Waals surface area contributed by atoms with Crippen molar-refractivity contribution in [3.63, 3.8) is 0 Å². The third kappa shape index (κ3) is 6.58. The van der Waals surface area contributed by atoms with Crippen LogP contribution in [-0.2, 0) is 6.54 Å². The molecule has 316 valence electrons. The minimum atomic E-state index is -0.563. The first-order chi connectivity index (χ1) is 31.5. The van der Waals surface area contributed by atoms with Crippen LogP contribution in [0.3, 0.4) is 0 Å². The zero-order valence-electron chi connectivity index (χ0n) is 33.8. The molecule has 0 fully saturated rings. The summed E-state index contributed by atoms with van der Waals surface area (Å²) in [6.45, 7) is -0.514. The highest BCUT2D eigenvalue weighted by Gasteiger charge is 2.35. The van der Waals surface area contributed by atoms with Gasteiger partial charge >= 0.3 is 0 Å². The van der Waals surface area contributed by atoms with Crippen LogP contribution >= 0.6 is 0 Å². The number of aliphatic hydroxyl groups is 1. The lowest BCUT2D eigenvalue weighted by Gasteiger charge is -2.14. The van der Waals surface area contributed by atoms with E-state index in [4.69, 9.17) is 5.11 Å². The fourth-order valence-corrected chi connectivity index (χ4v) is 8.30. The predicted octanol–water partition coefficient (Wildman–Crippen LogP) is 6.07. The Morgan fingerprint density at radius 3 is 1.03 bits per heavy atom. The quantitative estimate of drug-likeness (QED) is 0.102. The third-order valence-electron chi connectivity index (χ3n) is 11.5. The zero-order chi connectivity index (χ0) is 45.1. The molecule has 5 N–H and O–H groups in total. The van der Waals surface area contributed by atoms with E-state index in [1.165, 1.54) is 4.90 Å². The molecule has 6 aromatic carbocycles. The van der Waals surface area contributed by atoms with Crippen LogP contribution in [-0.4, -0.2) is 65.2 Å². The zero-order valence-corrected chi connectivity index (χ0v) is 33.8. The molecule has 10 aromatic rings. The van der Waals surface area contributed by atoms with Gasteiger partial charge in [0.15, 0.2) is 0 Å². The number of imide groups is 2. The summed E-state index contributed by atoms with van der Waals surface area (Å²) >= 11 is 0. The number of para-hydroxylation sites is 3. The van der Waals surface area contributed by atoms with E-state index in [0.29, 0.717) is 82.5 Å². The van der Waals surface area contributed by atoms with Crippen LogP contribution in [0.15, 0.2) is 159 Å². The van der Waals surface area contributed by atoms with Crippen molar-refractivity contribution in [2.75, 3.05) is 6.73 Å². The van der Waals surface area contributed by atoms with E-state index in [-0.39, 0.29) is 51.1 Å². The van der Waals surface area contributed by atoms with Gasteiger partial charge in [-0.15, -0.1) is 0 Å². The number of benzene rings is 6. The molecule has 15 heteroatoms. The number of hydrogen-bond donors (Lipinski definition) is 5. The molecular weight excluding hydrogens is 829 g/mol. The Morgan fingerprint density at radius 1 is 0.354 bits per heavy atom. The minimum absolute atomic E-state index is 0.0496. The maximum atomic E-state index is 13.2. The van der Waals surface area contributed by atoms with Gasteiger partial charge in [-0.25, -0.2) is 0 Å². The number of carbonyl (C=O) groups excluding carboxylic acids is 4. The Hall–Kier alpha value is -9.08. The third-order valence-corrected chi connectivity index (χ3v) is 11.5. The highest BCUT2D eigenvalue weighted by molar-refractivity contribution is 6.22. The normalized spacial score (nSPS) is 13.1. The number of hydrogen-bond acceptors (Lipinski definition) is 9. The van der Waals surface area contributed by atoms with Gasteiger partial charge < -0.3 is 25.0 Å². The van der Waals surface area contributed by atoms with E-state index in [2.05, 4.69) is 19.9 Å². The molecule has 0 spiro atoms. The summed E-state index contributed by atoms with van der Waals surface area (Å²) in [5.41, 5.74) is 4.75. The molecule has 0 bridgehead atoms. The molecule has 0 unspecified atom stereocenters. The van der Waals surface area contributed by atoms with Crippen LogP contribution in [0, 0.1) is 0 Å². The van der Waals surface area contributed by atoms with E-state index < -0.39 is 18.5 Å². The van der Waals surface area contributed by atoms with E-state index >= 15 is 0 Å². The molecule has 0 radical (unpaired) electrons. The van der Waals surface area contributed by atoms with Crippen LogP contribution in [0.1, 0.15) is 47.0 Å². The summed E-state index contributed by atoms with van der Waals surface area (Å²) in [6, 6.07) is 39.7. The molecule has 0 saturated heterocycles. The van der Waals surface area contributed by atoms with Gasteiger partial charge in [0.05, 0.1) is 28.8 Å². The standard InChI is InChI=1S/C25H15N3O4.C16H10N2O2.C9H7NO3/c29-22-16-7-3-4-8-18(16)26-21-20(22)27-19-10-9-13(11-17(19)23(21)30)12-28-24(31)14-5-1-2-6-15(14)25(28)32;19-15-9-5-1-3-7-11(9)17-14-13(15)18-12-8-4-2-6-10(12)16(14)20;11-5-10-8(12)6-3-1-2-4-7(6)9(10)13/h1-11H,12H2,(H,26,29)(H,27,30);1-8H,(H,17,19)(H,18,20);1-4,11H,5H2. The topological polar surface area (TPSA) is 226 Å². The van der Waals surface area contributed by atoms with Crippen molar-refractivity contribution in [3.8, 4) is 0 Å². The number of aromatic nitrogens is 4. The van der Waals surface area contributed by atoms with Gasteiger partial charge in [0.1, 0.15) is 28.8 Å². The van der Waals surface area contributed by atoms with E-state index in [1.54, 1.807) is 115 Å². The summed E-state index contributed by atoms with van der Waals surface area (Å²) < 4.78 is 0. The Balaban J connectivity index is 0.000000128. The molecule has 4 amide bonds. The number of carbonyl (C=O) groups is 4. The molecule has 2 aliphatic rings. The number of nitrogens with one attached hydrogen (secondary N) is 4. The van der Waals surface area contributed by atoms with Gasteiger partial charge in [0, 0.05) is 43.6 Å². The van der Waals surface area contributed by atoms with E-state index in [0.717, 1.165) is 4.90 Å². The summed E-state index contributed by atoms with van der Waals surface area (Å²) in [7, 11) is 0. The first-order valence-corrected chi connectivity index (χ1v) is 20.2. The van der Waals surface area contributed by atoms with Crippen molar-refractivity contribution in [3.05, 3.63) is 208 Å². The van der Waals surface area contributed by atoms with Crippen molar-refractivity contribution in [1.82, 2.24) is 29.7 Å². The Morgan fingerprint density at radius 2 is 0.662 bits per heavy atom. The summed E-state index contributed by atoms with van der Waals surface area (Å²) in [6.07, 6.45) is 0. The molecular formula is C50H32N6O9. The number of nitrogens with zero attached hydrogens (tertiary/aromatic N) is 2. The van der Waals surface area contributed by atoms with Gasteiger partial charge in [0.2, 0.25) is 21.7 Å². The van der Waals surface area contributed by atoms with Crippen molar-refractivity contribution < 1.29 is 24.3 Å². The fraction of sp³-hybridized carbons (Fsp3) is 0.0400. The largest absolute Gasteiger partial charge is 0.376 e. The van der Waals surface area contributed by atoms with Crippen LogP contribution in [0.2, 0.25) is 0 Å². The van der Waals surface area contributed by atoms with Crippen molar-refractivity contribution in [2.24, 2.45) is 0 Å². The Labute approximate surface area is 363 Å². The van der Waals surface area contributed by atoms with Crippen molar-refractivity contribution in [2.45, 2.75) is 6.54 Å². The second-order valence-corrected chi connectivity index (χ2v) is 15.3. The Kier molecular flexibility index (Phi) is 9.65. The maximum absolute atomic E-state index is 13.2. The number of fused-ring (bicyclic) bond motifs is 8. The lowest BCUT2D eigenvalue weighted by Crippen LogP contribution is -2.30. The smallest absolute Gasteiger partial charge is 0.263 e. The summed E-state index contributed by atoms with van der Waals surface area (Å²) in [5.74, 6) is -1.56. The lowest BCUT2D eigenvalue weighted by atomic mass is 10.1. The lowest BCUT2D eigenvalue weighted by molar-refractivity contribution is 0.0488. The molecule has 0 saturated carbocycles. The van der Waals surface area contributed by atoms with Gasteiger partial charge in [-0.05, 0) is 78.4 Å². The average molecular weight is 861 g/mol. The average Bonchev–Trinajstić information content (AvgIpc) is 3.73. The number of amides is 4. The maximum Gasteiger partial charge on any atom is 0.263 e. The van der Waals surface area contributed by atoms with Crippen LogP contribution in [0.4, 0.5) is 0 Å². The van der Waals surface area contributed by atoms with Crippen molar-refractivity contribution >= 4 is 89.3 Å². The SMILES string of the molecule is O=C1c2ccccc2C(=O)N1CO.O=C1c2ccccc2C(=O)N1Cc1ccc2[nH]c3c(=O)c4ccccc4[nH]c3c(=O)c2c1.O=c1c2ccccc2[nH]c2c(=O)c3ccccc3[nH]c12. The van der Waals surface area contributed by atoms with Crippen LogP contribution in [0.25, 0.3) is 65.7 Å². The second-order valence-electron chi connectivity index (χ2n) is 15.3. The minimum Gasteiger partial charge on any atom is -0.376 e. The van der Waals surface area contributed by atoms with Crippen molar-refractivity contribution in [1.29, 1.82) is 0 Å².